The molecule has 17 heavy (non-hydrogen) atoms. The van der Waals surface area contributed by atoms with Crippen molar-refractivity contribution >= 4 is 15.5 Å². The fraction of sp³-hybridized carbons (Fsp3) is 0.182. The summed E-state index contributed by atoms with van der Waals surface area (Å²) in [6, 6.07) is 5.38. The molecule has 0 aliphatic rings. The smallest absolute Gasteiger partial charge is 0.178 e. The van der Waals surface area contributed by atoms with E-state index in [-0.39, 0.29) is 4.90 Å². The third-order valence-electron chi connectivity index (χ3n) is 2.45. The quantitative estimate of drug-likeness (QED) is 0.813. The van der Waals surface area contributed by atoms with Crippen LogP contribution in [0.15, 0.2) is 35.5 Å². The van der Waals surface area contributed by atoms with Crippen LogP contribution in [-0.2, 0) is 9.84 Å². The third-order valence-corrected chi connectivity index (χ3v) is 3.52. The molecule has 6 heteroatoms. The van der Waals surface area contributed by atoms with Gasteiger partial charge in [0.25, 0.3) is 0 Å². The molecule has 0 aliphatic heterocycles. The Hall–Kier alpha value is -1.82. The van der Waals surface area contributed by atoms with E-state index in [0.717, 1.165) is 17.5 Å². The van der Waals surface area contributed by atoms with Gasteiger partial charge in [-0.1, -0.05) is 0 Å². The second kappa shape index (κ2) is 3.89. The Morgan fingerprint density at radius 3 is 2.59 bits per heavy atom. The summed E-state index contributed by atoms with van der Waals surface area (Å²) in [5.74, 6) is 0. The molecule has 1 aromatic heterocycles. The lowest BCUT2D eigenvalue weighted by molar-refractivity contribution is 0.602. The van der Waals surface area contributed by atoms with Crippen LogP contribution in [0.1, 0.15) is 5.56 Å². The highest BCUT2D eigenvalue weighted by Crippen LogP contribution is 2.18. The highest BCUT2D eigenvalue weighted by atomic mass is 32.2. The molecule has 90 valence electrons. The van der Waals surface area contributed by atoms with Crippen molar-refractivity contribution in [2.24, 2.45) is 0 Å². The molecule has 1 aromatic carbocycles. The van der Waals surface area contributed by atoms with Gasteiger partial charge in [0.2, 0.25) is 0 Å². The minimum absolute atomic E-state index is 0.203. The number of nitrogen functional groups attached to an aromatic ring is 1. The SMILES string of the molecule is Cc1cc(N)ccc1-n1cc(S(C)(=O)=O)cn1. The van der Waals surface area contributed by atoms with Gasteiger partial charge in [-0.15, -0.1) is 0 Å². The summed E-state index contributed by atoms with van der Waals surface area (Å²) in [5, 5.41) is 4.04. The number of rotatable bonds is 2. The van der Waals surface area contributed by atoms with Crippen LogP contribution < -0.4 is 5.73 Å². The van der Waals surface area contributed by atoms with E-state index in [4.69, 9.17) is 5.73 Å². The first-order valence-electron chi connectivity index (χ1n) is 4.99. The van der Waals surface area contributed by atoms with Crippen LogP contribution in [0, 0.1) is 6.92 Å². The van der Waals surface area contributed by atoms with Gasteiger partial charge in [0.05, 0.1) is 11.9 Å². The minimum Gasteiger partial charge on any atom is -0.399 e. The number of aryl methyl sites for hydroxylation is 1. The van der Waals surface area contributed by atoms with Crippen molar-refractivity contribution < 1.29 is 8.42 Å². The summed E-state index contributed by atoms with van der Waals surface area (Å²) in [7, 11) is -3.22. The first-order chi connectivity index (χ1) is 7.88. The first-order valence-corrected chi connectivity index (χ1v) is 6.88. The van der Waals surface area contributed by atoms with E-state index in [2.05, 4.69) is 5.10 Å². The lowest BCUT2D eigenvalue weighted by atomic mass is 10.2. The Morgan fingerprint density at radius 1 is 1.35 bits per heavy atom. The number of nitrogens with two attached hydrogens (primary N) is 1. The van der Waals surface area contributed by atoms with Gasteiger partial charge in [0.15, 0.2) is 9.84 Å². The largest absolute Gasteiger partial charge is 0.399 e. The van der Waals surface area contributed by atoms with E-state index in [0.29, 0.717) is 5.69 Å². The molecule has 0 saturated heterocycles. The summed E-state index contributed by atoms with van der Waals surface area (Å²) in [6.07, 6.45) is 3.99. The van der Waals surface area contributed by atoms with Gasteiger partial charge in [0.1, 0.15) is 4.90 Å². The number of nitrogens with zero attached hydrogens (tertiary/aromatic N) is 2. The second-order valence-electron chi connectivity index (χ2n) is 3.94. The van der Waals surface area contributed by atoms with Crippen LogP contribution in [0.5, 0.6) is 0 Å². The van der Waals surface area contributed by atoms with E-state index in [1.54, 1.807) is 6.07 Å². The van der Waals surface area contributed by atoms with Crippen LogP contribution >= 0.6 is 0 Å². The summed E-state index contributed by atoms with van der Waals surface area (Å²) >= 11 is 0. The zero-order valence-corrected chi connectivity index (χ0v) is 10.4. The van der Waals surface area contributed by atoms with Gasteiger partial charge in [-0.25, -0.2) is 13.1 Å². The molecule has 2 N–H and O–H groups in total. The van der Waals surface area contributed by atoms with Crippen LogP contribution in [0.25, 0.3) is 5.69 Å². The molecule has 0 amide bonds. The Bertz CT molecular complexity index is 659. The normalized spacial score (nSPS) is 11.6. The Balaban J connectivity index is 2.51. The van der Waals surface area contributed by atoms with Crippen LogP contribution in [0.3, 0.4) is 0 Å². The van der Waals surface area contributed by atoms with Gasteiger partial charge < -0.3 is 5.73 Å². The molecule has 0 atom stereocenters. The standard InChI is InChI=1S/C11H13N3O2S/c1-8-5-9(12)3-4-11(8)14-7-10(6-13-14)17(2,15)16/h3-7H,12H2,1-2H3. The van der Waals surface area contributed by atoms with Gasteiger partial charge in [-0.3, -0.25) is 0 Å². The molecule has 0 fully saturated rings. The van der Waals surface area contributed by atoms with E-state index in [1.807, 2.05) is 19.1 Å². The maximum absolute atomic E-state index is 11.3. The number of hydrogen-bond acceptors (Lipinski definition) is 4. The van der Waals surface area contributed by atoms with Crippen molar-refractivity contribution in [3.05, 3.63) is 36.2 Å². The predicted molar refractivity (Wildman–Crippen MR) is 65.8 cm³/mol. The number of anilines is 1. The van der Waals surface area contributed by atoms with Crippen LogP contribution in [-0.4, -0.2) is 24.5 Å². The second-order valence-corrected chi connectivity index (χ2v) is 5.95. The predicted octanol–water partition coefficient (Wildman–Crippen LogP) is 1.17. The molecule has 0 aliphatic carbocycles. The summed E-state index contributed by atoms with van der Waals surface area (Å²) < 4.78 is 24.2. The molecule has 0 spiro atoms. The van der Waals surface area contributed by atoms with Crippen molar-refractivity contribution in [2.75, 3.05) is 12.0 Å². The number of hydrogen-bond donors (Lipinski definition) is 1. The monoisotopic (exact) mass is 251 g/mol. The number of benzene rings is 1. The van der Waals surface area contributed by atoms with Crippen molar-refractivity contribution in [1.82, 2.24) is 9.78 Å². The molecule has 2 aromatic rings. The maximum atomic E-state index is 11.3. The Kier molecular flexibility index (Phi) is 2.66. The molecule has 1 heterocycles. The van der Waals surface area contributed by atoms with Crippen LogP contribution in [0.4, 0.5) is 5.69 Å². The molecule has 2 rings (SSSR count). The lowest BCUT2D eigenvalue weighted by Crippen LogP contribution is -1.99. The van der Waals surface area contributed by atoms with Gasteiger partial charge >= 0.3 is 0 Å². The van der Waals surface area contributed by atoms with Crippen molar-refractivity contribution in [3.63, 3.8) is 0 Å². The topological polar surface area (TPSA) is 78.0 Å². The summed E-state index contributed by atoms with van der Waals surface area (Å²) in [4.78, 5) is 0.203. The van der Waals surface area contributed by atoms with Gasteiger partial charge in [-0.05, 0) is 30.7 Å². The third kappa shape index (κ3) is 2.31. The first kappa shape index (κ1) is 11.7. The average molecular weight is 251 g/mol. The Labute approximate surface area is 99.8 Å². The highest BCUT2D eigenvalue weighted by Gasteiger charge is 2.11. The Morgan fingerprint density at radius 2 is 2.06 bits per heavy atom. The molecule has 0 bridgehead atoms. The molecular formula is C11H13N3O2S. The van der Waals surface area contributed by atoms with E-state index in [9.17, 15) is 8.42 Å². The molecule has 0 radical (unpaired) electrons. The maximum Gasteiger partial charge on any atom is 0.178 e. The van der Waals surface area contributed by atoms with Gasteiger partial charge in [-0.2, -0.15) is 5.10 Å². The zero-order chi connectivity index (χ0) is 12.6. The molecule has 5 nitrogen and oxygen atoms in total. The van der Waals surface area contributed by atoms with Crippen molar-refractivity contribution in [2.45, 2.75) is 11.8 Å². The lowest BCUT2D eigenvalue weighted by Gasteiger charge is -2.06. The van der Waals surface area contributed by atoms with Crippen molar-refractivity contribution in [3.8, 4) is 5.69 Å². The van der Waals surface area contributed by atoms with E-state index < -0.39 is 9.84 Å². The zero-order valence-electron chi connectivity index (χ0n) is 9.58. The summed E-state index contributed by atoms with van der Waals surface area (Å²) in [5.41, 5.74) is 8.07. The van der Waals surface area contributed by atoms with Crippen LogP contribution in [0.2, 0.25) is 0 Å². The van der Waals surface area contributed by atoms with Gasteiger partial charge in [0, 0.05) is 18.1 Å². The highest BCUT2D eigenvalue weighted by molar-refractivity contribution is 7.90. The average Bonchev–Trinajstić information content (AvgIpc) is 2.65. The minimum atomic E-state index is -3.22. The van der Waals surface area contributed by atoms with E-state index in [1.165, 1.54) is 17.1 Å². The number of aromatic nitrogens is 2. The number of sulfone groups is 1. The van der Waals surface area contributed by atoms with E-state index >= 15 is 0 Å². The summed E-state index contributed by atoms with van der Waals surface area (Å²) in [6.45, 7) is 1.90. The van der Waals surface area contributed by atoms with Crippen molar-refractivity contribution in [1.29, 1.82) is 0 Å². The molecule has 0 saturated carbocycles. The fourth-order valence-corrected chi connectivity index (χ4v) is 2.10. The molecule has 0 unspecified atom stereocenters. The molecular weight excluding hydrogens is 238 g/mol. The fourth-order valence-electron chi connectivity index (χ4n) is 1.57.